The Morgan fingerprint density at radius 2 is 2.12 bits per heavy atom. The summed E-state index contributed by atoms with van der Waals surface area (Å²) in [7, 11) is 0. The summed E-state index contributed by atoms with van der Waals surface area (Å²) in [6.45, 7) is 10.3. The molecule has 0 unspecified atom stereocenters. The van der Waals surface area contributed by atoms with Crippen molar-refractivity contribution in [3.05, 3.63) is 33.2 Å². The molecular formula is C13H18N2S. The lowest BCUT2D eigenvalue weighted by molar-refractivity contribution is 0.669. The van der Waals surface area contributed by atoms with Crippen LogP contribution >= 0.6 is 11.3 Å². The molecule has 16 heavy (non-hydrogen) atoms. The van der Waals surface area contributed by atoms with Gasteiger partial charge in [0.05, 0.1) is 9.88 Å². The predicted molar refractivity (Wildman–Crippen MR) is 73.2 cm³/mol. The first kappa shape index (κ1) is 12.7. The molecule has 1 aromatic heterocycles. The Kier molecular flexibility index (Phi) is 4.07. The van der Waals surface area contributed by atoms with Crippen LogP contribution in [0.1, 0.15) is 25.8 Å². The molecule has 86 valence electrons. The first-order chi connectivity index (χ1) is 7.48. The van der Waals surface area contributed by atoms with Crippen molar-refractivity contribution in [2.45, 2.75) is 20.8 Å². The number of nitrogens with zero attached hydrogens (tertiary/aromatic N) is 1. The number of hydrogen-bond acceptors (Lipinski definition) is 3. The second-order valence-corrected chi connectivity index (χ2v) is 5.25. The zero-order valence-corrected chi connectivity index (χ0v) is 10.8. The number of thiazole rings is 1. The van der Waals surface area contributed by atoms with E-state index in [1.165, 1.54) is 6.20 Å². The van der Waals surface area contributed by atoms with E-state index in [9.17, 15) is 0 Å². The van der Waals surface area contributed by atoms with Crippen LogP contribution in [-0.4, -0.2) is 4.98 Å². The van der Waals surface area contributed by atoms with Gasteiger partial charge in [0, 0.05) is 5.41 Å². The first-order valence-corrected chi connectivity index (χ1v) is 6.01. The van der Waals surface area contributed by atoms with Crippen molar-refractivity contribution in [1.82, 2.24) is 4.98 Å². The van der Waals surface area contributed by atoms with Crippen LogP contribution in [0.5, 0.6) is 0 Å². The molecule has 2 N–H and O–H groups in total. The van der Waals surface area contributed by atoms with Crippen molar-refractivity contribution in [2.75, 3.05) is 0 Å². The zero-order valence-electron chi connectivity index (χ0n) is 10.0. The van der Waals surface area contributed by atoms with E-state index in [1.807, 2.05) is 6.92 Å². The highest BCUT2D eigenvalue weighted by Crippen LogP contribution is 2.18. The quantitative estimate of drug-likeness (QED) is 0.811. The minimum Gasteiger partial charge on any atom is -0.405 e. The number of aromatic nitrogens is 1. The Bertz CT molecular complexity index is 507. The lowest BCUT2D eigenvalue weighted by Gasteiger charge is -2.12. The minimum atomic E-state index is 0.0252. The fourth-order valence-corrected chi connectivity index (χ4v) is 2.52. The number of nitrogens with two attached hydrogens (primary N) is 1. The van der Waals surface area contributed by atoms with Crippen molar-refractivity contribution < 1.29 is 0 Å². The molecule has 0 bridgehead atoms. The lowest BCUT2D eigenvalue weighted by Crippen LogP contribution is -2.22. The van der Waals surface area contributed by atoms with Gasteiger partial charge in [-0.1, -0.05) is 38.7 Å². The lowest BCUT2D eigenvalue weighted by atomic mass is 9.93. The van der Waals surface area contributed by atoms with Crippen LogP contribution in [0.25, 0.3) is 18.7 Å². The number of hydrogen-bond donors (Lipinski definition) is 1. The largest absolute Gasteiger partial charge is 0.405 e. The Morgan fingerprint density at radius 3 is 2.69 bits per heavy atom. The summed E-state index contributed by atoms with van der Waals surface area (Å²) in [6, 6.07) is 0. The molecule has 0 aliphatic heterocycles. The monoisotopic (exact) mass is 234 g/mol. The molecule has 0 amide bonds. The maximum Gasteiger partial charge on any atom is 0.118 e. The highest BCUT2D eigenvalue weighted by molar-refractivity contribution is 7.10. The fourth-order valence-electron chi connectivity index (χ4n) is 1.46. The van der Waals surface area contributed by atoms with Crippen LogP contribution < -0.4 is 15.6 Å². The molecular weight excluding hydrogens is 216 g/mol. The molecule has 1 rings (SSSR count). The van der Waals surface area contributed by atoms with Gasteiger partial charge in [0.1, 0.15) is 5.01 Å². The van der Waals surface area contributed by atoms with Crippen LogP contribution in [0.3, 0.4) is 0 Å². The van der Waals surface area contributed by atoms with E-state index >= 15 is 0 Å². The smallest absolute Gasteiger partial charge is 0.118 e. The summed E-state index contributed by atoms with van der Waals surface area (Å²) in [4.78, 5) is 4.33. The van der Waals surface area contributed by atoms with Crippen LogP contribution in [0.2, 0.25) is 0 Å². The van der Waals surface area contributed by atoms with E-state index in [0.29, 0.717) is 0 Å². The Morgan fingerprint density at radius 1 is 1.44 bits per heavy atom. The molecule has 0 saturated carbocycles. The maximum absolute atomic E-state index is 5.34. The zero-order chi connectivity index (χ0) is 12.2. The first-order valence-electron chi connectivity index (χ1n) is 5.19. The van der Waals surface area contributed by atoms with Gasteiger partial charge in [-0.05, 0) is 19.2 Å². The van der Waals surface area contributed by atoms with E-state index in [2.05, 4.69) is 43.6 Å². The van der Waals surface area contributed by atoms with Crippen LogP contribution in [0.15, 0.2) is 18.4 Å². The molecule has 0 atom stereocenters. The van der Waals surface area contributed by atoms with Crippen molar-refractivity contribution in [1.29, 1.82) is 0 Å². The van der Waals surface area contributed by atoms with E-state index < -0.39 is 0 Å². The highest BCUT2D eigenvalue weighted by Gasteiger charge is 2.09. The third-order valence-electron chi connectivity index (χ3n) is 2.08. The number of rotatable bonds is 3. The molecule has 0 radical (unpaired) electrons. The number of allylic oxidation sites excluding steroid dienone is 2. The molecule has 1 heterocycles. The van der Waals surface area contributed by atoms with Crippen molar-refractivity contribution in [3.8, 4) is 0 Å². The highest BCUT2D eigenvalue weighted by atomic mass is 32.1. The van der Waals surface area contributed by atoms with E-state index in [0.717, 1.165) is 14.9 Å². The van der Waals surface area contributed by atoms with E-state index in [1.54, 1.807) is 17.4 Å². The van der Waals surface area contributed by atoms with Gasteiger partial charge >= 0.3 is 0 Å². The second-order valence-electron chi connectivity index (χ2n) is 4.19. The minimum absolute atomic E-state index is 0.0252. The van der Waals surface area contributed by atoms with Gasteiger partial charge in [0.15, 0.2) is 0 Å². The van der Waals surface area contributed by atoms with Gasteiger partial charge in [0.25, 0.3) is 0 Å². The fraction of sp³-hybridized carbons (Fsp3) is 0.308. The molecule has 0 aromatic carbocycles. The summed E-state index contributed by atoms with van der Waals surface area (Å²) in [6.07, 6.45) is 9.69. The van der Waals surface area contributed by atoms with E-state index in [-0.39, 0.29) is 5.41 Å². The molecule has 0 saturated heterocycles. The van der Waals surface area contributed by atoms with Gasteiger partial charge in [-0.3, -0.25) is 0 Å². The SMILES string of the molecule is C=c1nc(/C=C/N)s/c1=C/C(C)(C)/C=C\C. The summed E-state index contributed by atoms with van der Waals surface area (Å²) < 4.78 is 1.11. The second kappa shape index (κ2) is 5.12. The normalized spacial score (nSPS) is 14.3. The third-order valence-corrected chi connectivity index (χ3v) is 3.09. The molecule has 0 aliphatic rings. The van der Waals surface area contributed by atoms with Crippen molar-refractivity contribution >= 4 is 30.1 Å². The van der Waals surface area contributed by atoms with Crippen molar-refractivity contribution in [2.24, 2.45) is 11.1 Å². The predicted octanol–water partition coefficient (Wildman–Crippen LogP) is 1.87. The molecule has 0 aliphatic carbocycles. The van der Waals surface area contributed by atoms with Gasteiger partial charge in [0.2, 0.25) is 0 Å². The Labute approximate surface area is 101 Å². The van der Waals surface area contributed by atoms with Gasteiger partial charge in [-0.2, -0.15) is 0 Å². The standard InChI is InChI=1S/C13H18N2S/c1-5-7-13(3,4)9-11-10(2)15-12(16-11)6-8-14/h5-9H,2,14H2,1,3-4H3/b7-5-,8-6+,11-9+. The summed E-state index contributed by atoms with van der Waals surface area (Å²) in [5, 5.41) is 1.71. The molecule has 3 heteroatoms. The summed E-state index contributed by atoms with van der Waals surface area (Å²) >= 11 is 1.61. The van der Waals surface area contributed by atoms with Crippen molar-refractivity contribution in [3.63, 3.8) is 0 Å². The summed E-state index contributed by atoms with van der Waals surface area (Å²) in [5.41, 5.74) is 5.36. The Hall–Kier alpha value is -1.35. The summed E-state index contributed by atoms with van der Waals surface area (Å²) in [5.74, 6) is 0. The topological polar surface area (TPSA) is 38.9 Å². The van der Waals surface area contributed by atoms with Crippen LogP contribution in [0, 0.1) is 5.41 Å². The molecule has 0 fully saturated rings. The van der Waals surface area contributed by atoms with Gasteiger partial charge in [-0.25, -0.2) is 4.98 Å². The molecule has 2 nitrogen and oxygen atoms in total. The van der Waals surface area contributed by atoms with Crippen LogP contribution in [-0.2, 0) is 0 Å². The Balaban J connectivity index is 3.23. The van der Waals surface area contributed by atoms with Crippen LogP contribution in [0.4, 0.5) is 0 Å². The average molecular weight is 234 g/mol. The van der Waals surface area contributed by atoms with Gasteiger partial charge < -0.3 is 5.73 Å². The average Bonchev–Trinajstić information content (AvgIpc) is 2.46. The molecule has 1 aromatic rings. The molecule has 0 spiro atoms. The van der Waals surface area contributed by atoms with Gasteiger partial charge in [-0.15, -0.1) is 11.3 Å². The third kappa shape index (κ3) is 3.35. The van der Waals surface area contributed by atoms with E-state index in [4.69, 9.17) is 5.73 Å². The maximum atomic E-state index is 5.34.